The van der Waals surface area contributed by atoms with E-state index in [-0.39, 0.29) is 0 Å². The second-order valence-corrected chi connectivity index (χ2v) is 6.01. The van der Waals surface area contributed by atoms with E-state index in [1.165, 1.54) is 43.1 Å². The number of hydrogen-bond acceptors (Lipinski definition) is 1. The molecule has 0 bridgehead atoms. The molecule has 0 saturated carbocycles. The third-order valence-electron chi connectivity index (χ3n) is 4.39. The summed E-state index contributed by atoms with van der Waals surface area (Å²) < 4.78 is 2.34. The summed E-state index contributed by atoms with van der Waals surface area (Å²) in [5, 5.41) is 2.02. The highest BCUT2D eigenvalue weighted by Gasteiger charge is 2.18. The lowest BCUT2D eigenvalue weighted by Gasteiger charge is -2.32. The fourth-order valence-electron chi connectivity index (χ4n) is 3.18. The highest BCUT2D eigenvalue weighted by atomic mass is 35.5. The lowest BCUT2D eigenvalue weighted by molar-refractivity contribution is 0.171. The first kappa shape index (κ1) is 13.0. The van der Waals surface area contributed by atoms with E-state index in [4.69, 9.17) is 11.6 Å². The van der Waals surface area contributed by atoms with Crippen LogP contribution in [0.1, 0.15) is 25.7 Å². The van der Waals surface area contributed by atoms with Crippen LogP contribution in [0.5, 0.6) is 0 Å². The van der Waals surface area contributed by atoms with Crippen LogP contribution in [0.4, 0.5) is 0 Å². The topological polar surface area (TPSA) is 8.17 Å². The number of aryl methyl sites for hydroxylation is 1. The Morgan fingerprint density at radius 2 is 2.16 bits per heavy atom. The number of aromatic nitrogens is 1. The van der Waals surface area contributed by atoms with E-state index < -0.39 is 0 Å². The molecule has 19 heavy (non-hydrogen) atoms. The van der Waals surface area contributed by atoms with E-state index in [1.54, 1.807) is 0 Å². The van der Waals surface area contributed by atoms with Crippen LogP contribution in [-0.2, 0) is 6.54 Å². The lowest BCUT2D eigenvalue weighted by Crippen LogP contribution is -2.36. The molecule has 3 heteroatoms. The molecule has 0 aliphatic carbocycles. The number of rotatable bonds is 3. The van der Waals surface area contributed by atoms with Crippen molar-refractivity contribution in [3.8, 4) is 0 Å². The highest BCUT2D eigenvalue weighted by Crippen LogP contribution is 2.25. The van der Waals surface area contributed by atoms with E-state index in [9.17, 15) is 0 Å². The van der Waals surface area contributed by atoms with Gasteiger partial charge in [0, 0.05) is 34.7 Å². The van der Waals surface area contributed by atoms with Gasteiger partial charge in [-0.3, -0.25) is 0 Å². The molecule has 2 aromatic rings. The van der Waals surface area contributed by atoms with Crippen LogP contribution in [0.3, 0.4) is 0 Å². The lowest BCUT2D eigenvalue weighted by atomic mass is 10.0. The number of halogens is 1. The number of benzene rings is 1. The Morgan fingerprint density at radius 3 is 3.00 bits per heavy atom. The number of fused-ring (bicyclic) bond motifs is 1. The monoisotopic (exact) mass is 276 g/mol. The predicted molar refractivity (Wildman–Crippen MR) is 81.8 cm³/mol. The van der Waals surface area contributed by atoms with E-state index in [2.05, 4.69) is 34.8 Å². The minimum absolute atomic E-state index is 0.741. The van der Waals surface area contributed by atoms with Gasteiger partial charge in [0.15, 0.2) is 0 Å². The fourth-order valence-corrected chi connectivity index (χ4v) is 3.41. The second-order valence-electron chi connectivity index (χ2n) is 5.60. The van der Waals surface area contributed by atoms with E-state index in [1.807, 2.05) is 12.1 Å². The van der Waals surface area contributed by atoms with Gasteiger partial charge in [0.05, 0.1) is 0 Å². The van der Waals surface area contributed by atoms with Gasteiger partial charge in [-0.05, 0) is 51.1 Å². The van der Waals surface area contributed by atoms with Crippen molar-refractivity contribution in [2.75, 3.05) is 13.6 Å². The average Bonchev–Trinajstić information content (AvgIpc) is 2.83. The second kappa shape index (κ2) is 5.56. The molecule has 1 saturated heterocycles. The zero-order valence-corrected chi connectivity index (χ0v) is 12.2. The molecule has 1 fully saturated rings. The van der Waals surface area contributed by atoms with Gasteiger partial charge in [0.1, 0.15) is 0 Å². The smallest absolute Gasteiger partial charge is 0.0499 e. The van der Waals surface area contributed by atoms with Crippen LogP contribution in [0.15, 0.2) is 30.5 Å². The molecule has 1 aromatic carbocycles. The van der Waals surface area contributed by atoms with Crippen LogP contribution in [-0.4, -0.2) is 29.1 Å². The molecule has 0 N–H and O–H groups in total. The Hall–Kier alpha value is -0.990. The van der Waals surface area contributed by atoms with Crippen LogP contribution < -0.4 is 0 Å². The minimum atomic E-state index is 0.741. The van der Waals surface area contributed by atoms with Crippen LogP contribution >= 0.6 is 11.6 Å². The van der Waals surface area contributed by atoms with Crippen LogP contribution in [0, 0.1) is 0 Å². The summed E-state index contributed by atoms with van der Waals surface area (Å²) in [6, 6.07) is 9.02. The van der Waals surface area contributed by atoms with Crippen molar-refractivity contribution in [1.82, 2.24) is 9.47 Å². The summed E-state index contributed by atoms with van der Waals surface area (Å²) >= 11 is 6.22. The van der Waals surface area contributed by atoms with Crippen LogP contribution in [0.2, 0.25) is 5.02 Å². The maximum absolute atomic E-state index is 6.22. The molecule has 0 spiro atoms. The summed E-state index contributed by atoms with van der Waals surface area (Å²) in [6.45, 7) is 2.34. The number of piperidine rings is 1. The Labute approximate surface area is 120 Å². The maximum atomic E-state index is 6.22. The molecule has 2 nitrogen and oxygen atoms in total. The SMILES string of the molecule is CN1CCCCC1CCn1ccc2c(Cl)cccc21. The van der Waals surface area contributed by atoms with E-state index >= 15 is 0 Å². The Kier molecular flexibility index (Phi) is 3.81. The summed E-state index contributed by atoms with van der Waals surface area (Å²) in [6.07, 6.45) is 7.48. The normalized spacial score (nSPS) is 21.1. The van der Waals surface area contributed by atoms with Crippen LogP contribution in [0.25, 0.3) is 10.9 Å². The molecule has 102 valence electrons. The Balaban J connectivity index is 1.73. The van der Waals surface area contributed by atoms with Gasteiger partial charge in [0.25, 0.3) is 0 Å². The molecule has 0 radical (unpaired) electrons. The molecular weight excluding hydrogens is 256 g/mol. The fraction of sp³-hybridized carbons (Fsp3) is 0.500. The maximum Gasteiger partial charge on any atom is 0.0499 e. The summed E-state index contributed by atoms with van der Waals surface area (Å²) in [4.78, 5) is 2.52. The first-order chi connectivity index (χ1) is 9.25. The largest absolute Gasteiger partial charge is 0.347 e. The third kappa shape index (κ3) is 2.65. The van der Waals surface area contributed by atoms with Gasteiger partial charge in [-0.25, -0.2) is 0 Å². The minimum Gasteiger partial charge on any atom is -0.347 e. The van der Waals surface area contributed by atoms with Crippen molar-refractivity contribution in [3.63, 3.8) is 0 Å². The van der Waals surface area contributed by atoms with Gasteiger partial charge in [-0.1, -0.05) is 24.1 Å². The number of hydrogen-bond donors (Lipinski definition) is 0. The summed E-state index contributed by atoms with van der Waals surface area (Å²) in [7, 11) is 2.26. The van der Waals surface area contributed by atoms with Gasteiger partial charge < -0.3 is 9.47 Å². The van der Waals surface area contributed by atoms with Crippen molar-refractivity contribution >= 4 is 22.5 Å². The Morgan fingerprint density at radius 1 is 1.26 bits per heavy atom. The highest BCUT2D eigenvalue weighted by molar-refractivity contribution is 6.35. The number of likely N-dealkylation sites (tertiary alicyclic amines) is 1. The molecule has 1 aliphatic heterocycles. The molecule has 1 unspecified atom stereocenters. The quantitative estimate of drug-likeness (QED) is 0.817. The molecule has 3 rings (SSSR count). The standard InChI is InChI=1S/C16H21ClN2/c1-18-10-3-2-5-13(18)8-11-19-12-9-14-15(17)6-4-7-16(14)19/h4,6-7,9,12-13H,2-3,5,8,10-11H2,1H3. The average molecular weight is 277 g/mol. The third-order valence-corrected chi connectivity index (χ3v) is 4.71. The summed E-state index contributed by atoms with van der Waals surface area (Å²) in [5.41, 5.74) is 1.26. The zero-order valence-electron chi connectivity index (χ0n) is 11.5. The molecular formula is C16H21ClN2. The van der Waals surface area contributed by atoms with Gasteiger partial charge in [-0.2, -0.15) is 0 Å². The van der Waals surface area contributed by atoms with E-state index in [0.29, 0.717) is 0 Å². The summed E-state index contributed by atoms with van der Waals surface area (Å²) in [5.74, 6) is 0. The molecule has 2 heterocycles. The van der Waals surface area contributed by atoms with Crippen molar-refractivity contribution in [2.45, 2.75) is 38.3 Å². The molecule has 1 atom stereocenters. The first-order valence-electron chi connectivity index (χ1n) is 7.19. The Bertz CT molecular complexity index is 561. The molecule has 1 aliphatic rings. The molecule has 0 amide bonds. The van der Waals surface area contributed by atoms with E-state index in [0.717, 1.165) is 17.6 Å². The molecule has 1 aromatic heterocycles. The van der Waals surface area contributed by atoms with Crippen molar-refractivity contribution < 1.29 is 0 Å². The van der Waals surface area contributed by atoms with Crippen molar-refractivity contribution in [2.24, 2.45) is 0 Å². The van der Waals surface area contributed by atoms with Gasteiger partial charge in [-0.15, -0.1) is 0 Å². The zero-order chi connectivity index (χ0) is 13.2. The van der Waals surface area contributed by atoms with Gasteiger partial charge >= 0.3 is 0 Å². The predicted octanol–water partition coefficient (Wildman–Crippen LogP) is 4.17. The first-order valence-corrected chi connectivity index (χ1v) is 7.57. The van der Waals surface area contributed by atoms with Gasteiger partial charge in [0.2, 0.25) is 0 Å². The van der Waals surface area contributed by atoms with Crippen molar-refractivity contribution in [1.29, 1.82) is 0 Å². The number of nitrogens with zero attached hydrogens (tertiary/aromatic N) is 2. The van der Waals surface area contributed by atoms with Crippen molar-refractivity contribution in [3.05, 3.63) is 35.5 Å².